The predicted octanol–water partition coefficient (Wildman–Crippen LogP) is 2.51. The Labute approximate surface area is 104 Å². The van der Waals surface area contributed by atoms with Crippen LogP contribution in [-0.4, -0.2) is 21.5 Å². The molecule has 1 aromatic heterocycles. The Morgan fingerprint density at radius 1 is 1.41 bits per heavy atom. The summed E-state index contributed by atoms with van der Waals surface area (Å²) in [6, 6.07) is 0. The molecule has 0 saturated carbocycles. The van der Waals surface area contributed by atoms with Crippen LogP contribution in [0.1, 0.15) is 57.0 Å². The van der Waals surface area contributed by atoms with Gasteiger partial charge in [0.2, 0.25) is 0 Å². The van der Waals surface area contributed by atoms with Crippen LogP contribution < -0.4 is 0 Å². The van der Waals surface area contributed by atoms with E-state index in [1.54, 1.807) is 0 Å². The third-order valence-electron chi connectivity index (χ3n) is 3.75. The van der Waals surface area contributed by atoms with Gasteiger partial charge < -0.3 is 5.11 Å². The zero-order valence-corrected chi connectivity index (χ0v) is 11.5. The van der Waals surface area contributed by atoms with Crippen molar-refractivity contribution in [1.82, 2.24) is 9.78 Å². The van der Waals surface area contributed by atoms with Crippen molar-refractivity contribution in [1.29, 1.82) is 0 Å². The van der Waals surface area contributed by atoms with E-state index in [-0.39, 0.29) is 6.61 Å². The highest BCUT2D eigenvalue weighted by atomic mass is 16.3. The molecule has 0 amide bonds. The molecule has 0 unspecified atom stereocenters. The molecule has 1 N–H and O–H groups in total. The van der Waals surface area contributed by atoms with Gasteiger partial charge in [0.05, 0.1) is 18.8 Å². The lowest BCUT2D eigenvalue weighted by atomic mass is 9.76. The van der Waals surface area contributed by atoms with Crippen molar-refractivity contribution in [3.8, 4) is 0 Å². The summed E-state index contributed by atoms with van der Waals surface area (Å²) in [5.41, 5.74) is 4.42. The molecule has 0 saturated heterocycles. The van der Waals surface area contributed by atoms with Crippen LogP contribution in [0.2, 0.25) is 0 Å². The molecular weight excluding hydrogens is 212 g/mol. The van der Waals surface area contributed by atoms with Crippen molar-refractivity contribution < 1.29 is 5.11 Å². The van der Waals surface area contributed by atoms with E-state index in [0.29, 0.717) is 17.9 Å². The average Bonchev–Trinajstić information content (AvgIpc) is 2.56. The van der Waals surface area contributed by atoms with Crippen molar-refractivity contribution in [2.45, 2.75) is 59.4 Å². The minimum atomic E-state index is 0.173. The van der Waals surface area contributed by atoms with E-state index in [2.05, 4.69) is 27.7 Å². The molecule has 1 heterocycles. The quantitative estimate of drug-likeness (QED) is 0.875. The van der Waals surface area contributed by atoms with Gasteiger partial charge >= 0.3 is 0 Å². The van der Waals surface area contributed by atoms with E-state index in [4.69, 9.17) is 10.2 Å². The van der Waals surface area contributed by atoms with Gasteiger partial charge in [-0.25, -0.2) is 0 Å². The number of aliphatic hydroxyl groups is 1. The summed E-state index contributed by atoms with van der Waals surface area (Å²) >= 11 is 0. The standard InChI is InChI=1S/C14H24N2O/c1-10(2)13-11-5-6-14(3,4)9-12(11)16(15-13)7-8-17/h10,17H,5-9H2,1-4H3. The first-order chi connectivity index (χ1) is 7.94. The van der Waals surface area contributed by atoms with E-state index in [1.165, 1.54) is 23.4 Å². The van der Waals surface area contributed by atoms with Crippen molar-refractivity contribution in [3.63, 3.8) is 0 Å². The molecule has 1 aliphatic carbocycles. The second-order valence-corrected chi connectivity index (χ2v) is 6.25. The summed E-state index contributed by atoms with van der Waals surface area (Å²) in [6.07, 6.45) is 3.47. The molecule has 0 aromatic carbocycles. The van der Waals surface area contributed by atoms with E-state index >= 15 is 0 Å². The Balaban J connectivity index is 2.43. The molecule has 1 aromatic rings. The zero-order valence-electron chi connectivity index (χ0n) is 11.5. The monoisotopic (exact) mass is 236 g/mol. The molecule has 0 fully saturated rings. The van der Waals surface area contributed by atoms with Crippen LogP contribution in [0.15, 0.2) is 0 Å². The van der Waals surface area contributed by atoms with Crippen molar-refractivity contribution >= 4 is 0 Å². The van der Waals surface area contributed by atoms with Crippen molar-refractivity contribution in [3.05, 3.63) is 17.0 Å². The minimum absolute atomic E-state index is 0.173. The molecule has 2 rings (SSSR count). The predicted molar refractivity (Wildman–Crippen MR) is 69.2 cm³/mol. The van der Waals surface area contributed by atoms with Gasteiger partial charge in [-0.05, 0) is 36.2 Å². The van der Waals surface area contributed by atoms with E-state index in [9.17, 15) is 0 Å². The van der Waals surface area contributed by atoms with Crippen LogP contribution in [-0.2, 0) is 19.4 Å². The number of aliphatic hydroxyl groups excluding tert-OH is 1. The SMILES string of the molecule is CC(C)c1nn(CCO)c2c1CCC(C)(C)C2. The second kappa shape index (κ2) is 4.45. The molecule has 96 valence electrons. The highest BCUT2D eigenvalue weighted by Crippen LogP contribution is 2.37. The van der Waals surface area contributed by atoms with Crippen molar-refractivity contribution in [2.24, 2.45) is 5.41 Å². The van der Waals surface area contributed by atoms with Gasteiger partial charge in [-0.1, -0.05) is 27.7 Å². The topological polar surface area (TPSA) is 38.0 Å². The van der Waals surface area contributed by atoms with Crippen LogP contribution >= 0.6 is 0 Å². The lowest BCUT2D eigenvalue weighted by Gasteiger charge is -2.30. The maximum absolute atomic E-state index is 9.14. The zero-order chi connectivity index (χ0) is 12.6. The van der Waals surface area contributed by atoms with Crippen LogP contribution in [0.5, 0.6) is 0 Å². The minimum Gasteiger partial charge on any atom is -0.394 e. The fourth-order valence-corrected chi connectivity index (χ4v) is 2.77. The number of hydrogen-bond acceptors (Lipinski definition) is 2. The summed E-state index contributed by atoms with van der Waals surface area (Å²) in [7, 11) is 0. The first-order valence-corrected chi connectivity index (χ1v) is 6.64. The van der Waals surface area contributed by atoms with Gasteiger partial charge in [-0.2, -0.15) is 5.10 Å². The van der Waals surface area contributed by atoms with E-state index in [0.717, 1.165) is 12.8 Å². The fourth-order valence-electron chi connectivity index (χ4n) is 2.77. The van der Waals surface area contributed by atoms with E-state index in [1.807, 2.05) is 4.68 Å². The number of fused-ring (bicyclic) bond motifs is 1. The van der Waals surface area contributed by atoms with Crippen LogP contribution in [0.4, 0.5) is 0 Å². The Kier molecular flexibility index (Phi) is 3.30. The summed E-state index contributed by atoms with van der Waals surface area (Å²) in [4.78, 5) is 0. The highest BCUT2D eigenvalue weighted by Gasteiger charge is 2.31. The van der Waals surface area contributed by atoms with Crippen LogP contribution in [0.3, 0.4) is 0 Å². The first kappa shape index (κ1) is 12.6. The molecule has 0 spiro atoms. The number of nitrogens with zero attached hydrogens (tertiary/aromatic N) is 2. The molecule has 1 aliphatic rings. The largest absolute Gasteiger partial charge is 0.394 e. The van der Waals surface area contributed by atoms with Crippen LogP contribution in [0.25, 0.3) is 0 Å². The summed E-state index contributed by atoms with van der Waals surface area (Å²) in [5.74, 6) is 0.477. The third kappa shape index (κ3) is 2.39. The molecule has 0 aliphatic heterocycles. The Morgan fingerprint density at radius 2 is 2.12 bits per heavy atom. The maximum Gasteiger partial charge on any atom is 0.0684 e. The Hall–Kier alpha value is -0.830. The van der Waals surface area contributed by atoms with Gasteiger partial charge in [0.25, 0.3) is 0 Å². The van der Waals surface area contributed by atoms with Gasteiger partial charge in [0.15, 0.2) is 0 Å². The van der Waals surface area contributed by atoms with Gasteiger partial charge in [-0.3, -0.25) is 4.68 Å². The van der Waals surface area contributed by atoms with Gasteiger partial charge in [-0.15, -0.1) is 0 Å². The second-order valence-electron chi connectivity index (χ2n) is 6.25. The van der Waals surface area contributed by atoms with Gasteiger partial charge in [0.1, 0.15) is 0 Å². The molecule has 0 atom stereocenters. The fraction of sp³-hybridized carbons (Fsp3) is 0.786. The molecule has 0 radical (unpaired) electrons. The lowest BCUT2D eigenvalue weighted by molar-refractivity contribution is 0.257. The average molecular weight is 236 g/mol. The Bertz CT molecular complexity index is 405. The van der Waals surface area contributed by atoms with Crippen LogP contribution in [0, 0.1) is 5.41 Å². The molecule has 3 heteroatoms. The Morgan fingerprint density at radius 3 is 2.71 bits per heavy atom. The van der Waals surface area contributed by atoms with Gasteiger partial charge in [0, 0.05) is 5.69 Å². The summed E-state index contributed by atoms with van der Waals surface area (Å²) in [6.45, 7) is 9.84. The molecule has 17 heavy (non-hydrogen) atoms. The normalized spacial score (nSPS) is 18.5. The smallest absolute Gasteiger partial charge is 0.0684 e. The lowest BCUT2D eigenvalue weighted by Crippen LogP contribution is -2.24. The maximum atomic E-state index is 9.14. The number of aromatic nitrogens is 2. The summed E-state index contributed by atoms with van der Waals surface area (Å²) < 4.78 is 2.03. The number of rotatable bonds is 3. The first-order valence-electron chi connectivity index (χ1n) is 6.64. The molecular formula is C14H24N2O. The van der Waals surface area contributed by atoms with Crippen molar-refractivity contribution in [2.75, 3.05) is 6.61 Å². The molecule has 0 bridgehead atoms. The number of hydrogen-bond donors (Lipinski definition) is 1. The van der Waals surface area contributed by atoms with E-state index < -0.39 is 0 Å². The molecule has 3 nitrogen and oxygen atoms in total. The summed E-state index contributed by atoms with van der Waals surface area (Å²) in [5, 5.41) is 13.8. The third-order valence-corrected chi connectivity index (χ3v) is 3.75. The highest BCUT2D eigenvalue weighted by molar-refractivity contribution is 5.32.